The third kappa shape index (κ3) is 3.35. The molecule has 6 nitrogen and oxygen atoms in total. The highest BCUT2D eigenvalue weighted by Crippen LogP contribution is 2.35. The quantitative estimate of drug-likeness (QED) is 0.830. The number of carbonyl (C=O) groups is 1. The molecule has 122 valence electrons. The molecule has 0 aliphatic carbocycles. The molecule has 0 radical (unpaired) electrons. The van der Waals surface area contributed by atoms with Crippen LogP contribution in [-0.4, -0.2) is 66.3 Å². The Kier molecular flexibility index (Phi) is 4.58. The van der Waals surface area contributed by atoms with Crippen molar-refractivity contribution in [1.29, 1.82) is 0 Å². The number of amidine groups is 1. The van der Waals surface area contributed by atoms with Gasteiger partial charge in [0.1, 0.15) is 0 Å². The lowest BCUT2D eigenvalue weighted by atomic mass is 10.1. The molecule has 2 aliphatic heterocycles. The molecule has 0 bridgehead atoms. The minimum atomic E-state index is -0.258. The Hall–Kier alpha value is -1.99. The standard InChI is InChI=1S/C16H19N3O3S/c1-18-6-8-19(9-7-18)16-17-15(21)13(23-16)10-11-4-3-5-12(22-2)14(11)20/h3-5,10,20H,6-9H2,1-2H3/b13-10-. The molecular formula is C16H19N3O3S. The van der Waals surface area contributed by atoms with Crippen molar-refractivity contribution in [3.8, 4) is 11.5 Å². The fourth-order valence-corrected chi connectivity index (χ4v) is 3.45. The molecule has 1 aromatic carbocycles. The van der Waals surface area contributed by atoms with E-state index < -0.39 is 0 Å². The fraction of sp³-hybridized carbons (Fsp3) is 0.375. The molecule has 1 saturated heterocycles. The number of hydrogen-bond acceptors (Lipinski definition) is 6. The van der Waals surface area contributed by atoms with Crippen LogP contribution in [0.2, 0.25) is 0 Å². The van der Waals surface area contributed by atoms with Crippen LogP contribution in [-0.2, 0) is 4.79 Å². The largest absolute Gasteiger partial charge is 0.504 e. The summed E-state index contributed by atoms with van der Waals surface area (Å²) in [6.45, 7) is 3.66. The van der Waals surface area contributed by atoms with Crippen LogP contribution < -0.4 is 4.74 Å². The second-order valence-corrected chi connectivity index (χ2v) is 6.51. The van der Waals surface area contributed by atoms with Crippen LogP contribution >= 0.6 is 11.8 Å². The van der Waals surface area contributed by atoms with Gasteiger partial charge in [0.2, 0.25) is 0 Å². The van der Waals surface area contributed by atoms with Crippen LogP contribution in [0.15, 0.2) is 28.1 Å². The number of likely N-dealkylation sites (N-methyl/N-ethyl adjacent to an activating group) is 1. The molecule has 2 heterocycles. The molecule has 0 saturated carbocycles. The predicted octanol–water partition coefficient (Wildman–Crippen LogP) is 1.62. The molecule has 2 aliphatic rings. The smallest absolute Gasteiger partial charge is 0.286 e. The van der Waals surface area contributed by atoms with E-state index in [2.05, 4.69) is 21.8 Å². The van der Waals surface area contributed by atoms with E-state index in [1.54, 1.807) is 24.3 Å². The first kappa shape index (κ1) is 15.9. The number of aliphatic imine (C=N–C) groups is 1. The average Bonchev–Trinajstić information content (AvgIpc) is 2.91. The van der Waals surface area contributed by atoms with E-state index in [0.29, 0.717) is 16.2 Å². The Labute approximate surface area is 139 Å². The average molecular weight is 333 g/mol. The Morgan fingerprint density at radius 1 is 1.30 bits per heavy atom. The SMILES string of the molecule is COc1cccc(/C=C2\SC(N3CCN(C)CC3)=NC2=O)c1O. The molecule has 3 rings (SSSR count). The maximum Gasteiger partial charge on any atom is 0.286 e. The number of hydrogen-bond donors (Lipinski definition) is 1. The lowest BCUT2D eigenvalue weighted by molar-refractivity contribution is -0.113. The molecule has 1 aromatic rings. The van der Waals surface area contributed by atoms with Crippen LogP contribution in [0, 0.1) is 0 Å². The Balaban J connectivity index is 1.77. The van der Waals surface area contributed by atoms with E-state index in [4.69, 9.17) is 4.74 Å². The predicted molar refractivity (Wildman–Crippen MR) is 91.7 cm³/mol. The first-order valence-electron chi connectivity index (χ1n) is 7.40. The number of para-hydroxylation sites is 1. The summed E-state index contributed by atoms with van der Waals surface area (Å²) in [6, 6.07) is 5.19. The van der Waals surface area contributed by atoms with Gasteiger partial charge in [-0.2, -0.15) is 4.99 Å². The summed E-state index contributed by atoms with van der Waals surface area (Å²) in [6.07, 6.45) is 1.66. The normalized spacial score (nSPS) is 21.0. The van der Waals surface area contributed by atoms with Crippen molar-refractivity contribution >= 4 is 28.9 Å². The van der Waals surface area contributed by atoms with Crippen LogP contribution in [0.3, 0.4) is 0 Å². The number of phenolic OH excluding ortho intramolecular Hbond substituents is 1. The maximum absolute atomic E-state index is 12.1. The number of benzene rings is 1. The highest BCUT2D eigenvalue weighted by molar-refractivity contribution is 8.18. The Bertz CT molecular complexity index is 679. The van der Waals surface area contributed by atoms with E-state index in [9.17, 15) is 9.90 Å². The van der Waals surface area contributed by atoms with E-state index in [1.165, 1.54) is 18.9 Å². The highest BCUT2D eigenvalue weighted by Gasteiger charge is 2.28. The van der Waals surface area contributed by atoms with Gasteiger partial charge in [-0.3, -0.25) is 4.79 Å². The Morgan fingerprint density at radius 3 is 2.74 bits per heavy atom. The molecule has 0 spiro atoms. The monoisotopic (exact) mass is 333 g/mol. The first-order chi connectivity index (χ1) is 11.1. The number of thioether (sulfide) groups is 1. The van der Waals surface area contributed by atoms with Crippen LogP contribution in [0.4, 0.5) is 0 Å². The lowest BCUT2D eigenvalue weighted by Crippen LogP contribution is -2.46. The molecule has 7 heteroatoms. The minimum absolute atomic E-state index is 0.0314. The molecular weight excluding hydrogens is 314 g/mol. The zero-order chi connectivity index (χ0) is 16.4. The topological polar surface area (TPSA) is 65.4 Å². The van der Waals surface area contributed by atoms with Crippen molar-refractivity contribution in [2.24, 2.45) is 4.99 Å². The second-order valence-electron chi connectivity index (χ2n) is 5.50. The van der Waals surface area contributed by atoms with Crippen LogP contribution in [0.1, 0.15) is 5.56 Å². The van der Waals surface area contributed by atoms with Gasteiger partial charge in [-0.15, -0.1) is 0 Å². The van der Waals surface area contributed by atoms with E-state index in [-0.39, 0.29) is 11.7 Å². The van der Waals surface area contributed by atoms with Gasteiger partial charge in [-0.1, -0.05) is 12.1 Å². The fourth-order valence-electron chi connectivity index (χ4n) is 2.49. The highest BCUT2D eigenvalue weighted by atomic mass is 32.2. The number of ether oxygens (including phenoxy) is 1. The molecule has 1 N–H and O–H groups in total. The number of amides is 1. The number of aromatic hydroxyl groups is 1. The van der Waals surface area contributed by atoms with Crippen molar-refractivity contribution in [2.45, 2.75) is 0 Å². The van der Waals surface area contributed by atoms with Crippen molar-refractivity contribution in [3.05, 3.63) is 28.7 Å². The van der Waals surface area contributed by atoms with Crippen molar-refractivity contribution < 1.29 is 14.6 Å². The molecule has 0 unspecified atom stereocenters. The number of rotatable bonds is 2. The van der Waals surface area contributed by atoms with Gasteiger partial charge in [0.05, 0.1) is 12.0 Å². The van der Waals surface area contributed by atoms with E-state index in [1.807, 2.05) is 0 Å². The number of nitrogens with zero attached hydrogens (tertiary/aromatic N) is 3. The van der Waals surface area contributed by atoms with Gasteiger partial charge in [-0.25, -0.2) is 0 Å². The van der Waals surface area contributed by atoms with Crippen molar-refractivity contribution in [3.63, 3.8) is 0 Å². The van der Waals surface area contributed by atoms with Gasteiger partial charge in [-0.05, 0) is 31.0 Å². The first-order valence-corrected chi connectivity index (χ1v) is 8.22. The molecule has 1 amide bonds. The summed E-state index contributed by atoms with van der Waals surface area (Å²) in [5.41, 5.74) is 0.551. The zero-order valence-corrected chi connectivity index (χ0v) is 14.0. The Morgan fingerprint density at radius 2 is 2.04 bits per heavy atom. The van der Waals surface area contributed by atoms with Crippen LogP contribution in [0.25, 0.3) is 6.08 Å². The molecule has 1 fully saturated rings. The van der Waals surface area contributed by atoms with Gasteiger partial charge >= 0.3 is 0 Å². The summed E-state index contributed by atoms with van der Waals surface area (Å²) < 4.78 is 5.09. The number of piperazine rings is 1. The van der Waals surface area contributed by atoms with Gasteiger partial charge < -0.3 is 19.6 Å². The second kappa shape index (κ2) is 6.64. The lowest BCUT2D eigenvalue weighted by Gasteiger charge is -2.32. The van der Waals surface area contributed by atoms with Crippen LogP contribution in [0.5, 0.6) is 11.5 Å². The summed E-state index contributed by atoms with van der Waals surface area (Å²) in [7, 11) is 3.58. The van der Waals surface area contributed by atoms with Gasteiger partial charge in [0.25, 0.3) is 5.91 Å². The summed E-state index contributed by atoms with van der Waals surface area (Å²) in [5, 5.41) is 10.9. The summed E-state index contributed by atoms with van der Waals surface area (Å²) in [4.78, 5) is 21.2. The van der Waals surface area contributed by atoms with E-state index >= 15 is 0 Å². The van der Waals surface area contributed by atoms with E-state index in [0.717, 1.165) is 31.3 Å². The van der Waals surface area contributed by atoms with Crippen molar-refractivity contribution in [1.82, 2.24) is 9.80 Å². The third-order valence-corrected chi connectivity index (χ3v) is 4.96. The van der Waals surface area contributed by atoms with Gasteiger partial charge in [0, 0.05) is 31.7 Å². The number of phenols is 1. The summed E-state index contributed by atoms with van der Waals surface area (Å²) >= 11 is 1.36. The number of carbonyl (C=O) groups excluding carboxylic acids is 1. The third-order valence-electron chi connectivity index (χ3n) is 3.92. The van der Waals surface area contributed by atoms with Gasteiger partial charge in [0.15, 0.2) is 16.7 Å². The summed E-state index contributed by atoms with van der Waals surface area (Å²) in [5.74, 6) is 0.158. The zero-order valence-electron chi connectivity index (χ0n) is 13.2. The molecule has 23 heavy (non-hydrogen) atoms. The maximum atomic E-state index is 12.1. The van der Waals surface area contributed by atoms with Crippen molar-refractivity contribution in [2.75, 3.05) is 40.3 Å². The molecule has 0 atom stereocenters. The molecule has 0 aromatic heterocycles. The minimum Gasteiger partial charge on any atom is -0.504 e. The number of methoxy groups -OCH3 is 1.